The van der Waals surface area contributed by atoms with Crippen molar-refractivity contribution in [1.82, 2.24) is 0 Å². The van der Waals surface area contributed by atoms with Crippen molar-refractivity contribution in [3.8, 4) is 0 Å². The van der Waals surface area contributed by atoms with E-state index in [1.807, 2.05) is 0 Å². The van der Waals surface area contributed by atoms with Gasteiger partial charge in [-0.15, -0.1) is 11.8 Å². The highest BCUT2D eigenvalue weighted by Gasteiger charge is 2.47. The quantitative estimate of drug-likeness (QED) is 0.320. The van der Waals surface area contributed by atoms with Crippen LogP contribution in [-0.4, -0.2) is 36.7 Å². The van der Waals surface area contributed by atoms with Crippen LogP contribution in [0.4, 0.5) is 18.9 Å². The Morgan fingerprint density at radius 2 is 1.96 bits per heavy atom. The molecule has 1 rings (SSSR count). The first-order valence-corrected chi connectivity index (χ1v) is 8.75. The molecule has 0 spiro atoms. The van der Waals surface area contributed by atoms with E-state index in [1.165, 1.54) is 0 Å². The van der Waals surface area contributed by atoms with E-state index < -0.39 is 42.9 Å². The van der Waals surface area contributed by atoms with Crippen molar-refractivity contribution in [2.75, 3.05) is 5.75 Å². The van der Waals surface area contributed by atoms with E-state index in [2.05, 4.69) is 0 Å². The molecule has 0 N–H and O–H groups in total. The first kappa shape index (κ1) is 20.2. The SMILES string of the molecule is CC(C)OC(=O)CSc1ccc(S(=O)(=O)C(F)(F)F)cc1[N+](=O)[O-]. The van der Waals surface area contributed by atoms with E-state index in [9.17, 15) is 36.5 Å². The van der Waals surface area contributed by atoms with Crippen LogP contribution in [-0.2, 0) is 19.4 Å². The number of alkyl halides is 3. The third-order valence-electron chi connectivity index (χ3n) is 2.45. The lowest BCUT2D eigenvalue weighted by Gasteiger charge is -2.10. The lowest BCUT2D eigenvalue weighted by atomic mass is 10.3. The predicted molar refractivity (Wildman–Crippen MR) is 78.3 cm³/mol. The third-order valence-corrected chi connectivity index (χ3v) is 4.98. The average Bonchev–Trinajstić information content (AvgIpc) is 2.42. The summed E-state index contributed by atoms with van der Waals surface area (Å²) in [5.41, 5.74) is -6.42. The Labute approximate surface area is 139 Å². The zero-order valence-corrected chi connectivity index (χ0v) is 14.0. The summed E-state index contributed by atoms with van der Waals surface area (Å²) in [6.07, 6.45) is -0.396. The van der Waals surface area contributed by atoms with E-state index in [4.69, 9.17) is 4.74 Å². The predicted octanol–water partition coefficient (Wildman–Crippen LogP) is 2.93. The lowest BCUT2D eigenvalue weighted by molar-refractivity contribution is -0.388. The molecule has 0 radical (unpaired) electrons. The molecule has 0 saturated carbocycles. The van der Waals surface area contributed by atoms with Crippen molar-refractivity contribution >= 4 is 33.3 Å². The van der Waals surface area contributed by atoms with Crippen LogP contribution in [0.15, 0.2) is 28.0 Å². The topological polar surface area (TPSA) is 104 Å². The van der Waals surface area contributed by atoms with Crippen LogP contribution in [0.2, 0.25) is 0 Å². The molecule has 0 amide bonds. The number of nitro groups is 1. The lowest BCUT2D eigenvalue weighted by Crippen LogP contribution is -2.23. The number of hydrogen-bond acceptors (Lipinski definition) is 7. The van der Waals surface area contributed by atoms with Crippen LogP contribution < -0.4 is 0 Å². The van der Waals surface area contributed by atoms with E-state index in [1.54, 1.807) is 13.8 Å². The van der Waals surface area contributed by atoms with Crippen LogP contribution >= 0.6 is 11.8 Å². The molecule has 12 heteroatoms. The molecule has 0 aliphatic heterocycles. The van der Waals surface area contributed by atoms with Crippen LogP contribution in [0.25, 0.3) is 0 Å². The van der Waals surface area contributed by atoms with Crippen molar-refractivity contribution in [2.24, 2.45) is 0 Å². The highest BCUT2D eigenvalue weighted by molar-refractivity contribution is 8.00. The molecular weight excluding hydrogens is 375 g/mol. The van der Waals surface area contributed by atoms with Gasteiger partial charge in [-0.3, -0.25) is 14.9 Å². The van der Waals surface area contributed by atoms with Crippen molar-refractivity contribution in [3.05, 3.63) is 28.3 Å². The van der Waals surface area contributed by atoms with Gasteiger partial charge in [0, 0.05) is 6.07 Å². The third kappa shape index (κ3) is 4.84. The number of carbonyl (C=O) groups is 1. The first-order chi connectivity index (χ1) is 10.9. The number of halogens is 3. The second-order valence-corrected chi connectivity index (χ2v) is 7.62. The molecule has 7 nitrogen and oxygen atoms in total. The molecule has 0 bridgehead atoms. The summed E-state index contributed by atoms with van der Waals surface area (Å²) in [6.45, 7) is 3.20. The van der Waals surface area contributed by atoms with Gasteiger partial charge in [-0.2, -0.15) is 13.2 Å². The summed E-state index contributed by atoms with van der Waals surface area (Å²) in [6, 6.07) is 1.77. The fourth-order valence-electron chi connectivity index (χ4n) is 1.50. The van der Waals surface area contributed by atoms with Gasteiger partial charge in [0.25, 0.3) is 15.5 Å². The molecule has 0 fully saturated rings. The molecular formula is C12H12F3NO6S2. The van der Waals surface area contributed by atoms with Crippen LogP contribution in [0, 0.1) is 10.1 Å². The van der Waals surface area contributed by atoms with Gasteiger partial charge >= 0.3 is 11.5 Å². The fraction of sp³-hybridized carbons (Fsp3) is 0.417. The zero-order valence-electron chi connectivity index (χ0n) is 12.4. The summed E-state index contributed by atoms with van der Waals surface area (Å²) in [5.74, 6) is -0.985. The van der Waals surface area contributed by atoms with Crippen LogP contribution in [0.1, 0.15) is 13.8 Å². The highest BCUT2D eigenvalue weighted by Crippen LogP contribution is 2.36. The van der Waals surface area contributed by atoms with E-state index in [0.717, 1.165) is 6.07 Å². The maximum Gasteiger partial charge on any atom is 0.501 e. The number of carbonyl (C=O) groups excluding carboxylic acids is 1. The van der Waals surface area contributed by atoms with Gasteiger partial charge in [0.1, 0.15) is 0 Å². The molecule has 0 heterocycles. The number of benzene rings is 1. The molecule has 0 saturated heterocycles. The highest BCUT2D eigenvalue weighted by atomic mass is 32.2. The standard InChI is InChI=1S/C12H12F3NO6S2/c1-7(2)22-11(17)6-23-10-4-3-8(5-9(10)16(18)19)24(20,21)12(13,14)15/h3-5,7H,6H2,1-2H3. The first-order valence-electron chi connectivity index (χ1n) is 6.28. The summed E-state index contributed by atoms with van der Waals surface area (Å²) < 4.78 is 64.9. The second-order valence-electron chi connectivity index (χ2n) is 4.66. The van der Waals surface area contributed by atoms with Gasteiger partial charge in [-0.25, -0.2) is 8.42 Å². The minimum atomic E-state index is -5.70. The maximum absolute atomic E-state index is 12.5. The average molecular weight is 387 g/mol. The van der Waals surface area contributed by atoms with Crippen molar-refractivity contribution in [1.29, 1.82) is 0 Å². The Bertz CT molecular complexity index is 746. The van der Waals surface area contributed by atoms with Gasteiger partial charge < -0.3 is 4.74 Å². The number of nitro benzene ring substituents is 1. The number of ether oxygens (including phenoxy) is 1. The molecule has 24 heavy (non-hydrogen) atoms. The van der Waals surface area contributed by atoms with Crippen LogP contribution in [0.5, 0.6) is 0 Å². The minimum absolute atomic E-state index is 0.151. The molecule has 0 aliphatic carbocycles. The molecule has 0 atom stereocenters. The van der Waals surface area contributed by atoms with E-state index in [0.29, 0.717) is 23.9 Å². The summed E-state index contributed by atoms with van der Waals surface area (Å²) in [5, 5.41) is 11.0. The second kappa shape index (κ2) is 7.38. The minimum Gasteiger partial charge on any atom is -0.462 e. The summed E-state index contributed by atoms with van der Waals surface area (Å²) in [4.78, 5) is 20.0. The normalized spacial score (nSPS) is 12.2. The Kier molecular flexibility index (Phi) is 6.22. The number of thioether (sulfide) groups is 1. The van der Waals surface area contributed by atoms with Gasteiger partial charge in [-0.05, 0) is 26.0 Å². The zero-order chi connectivity index (χ0) is 18.7. The number of rotatable bonds is 6. The van der Waals surface area contributed by atoms with E-state index >= 15 is 0 Å². The maximum atomic E-state index is 12.5. The molecule has 0 unspecified atom stereocenters. The van der Waals surface area contributed by atoms with Gasteiger partial charge in [0.15, 0.2) is 0 Å². The molecule has 1 aromatic carbocycles. The largest absolute Gasteiger partial charge is 0.501 e. The Hall–Kier alpha value is -1.82. The van der Waals surface area contributed by atoms with Gasteiger partial charge in [0.2, 0.25) is 0 Å². The van der Waals surface area contributed by atoms with E-state index in [-0.39, 0.29) is 10.6 Å². The number of sulfone groups is 1. The summed E-state index contributed by atoms with van der Waals surface area (Å²) >= 11 is 0.660. The van der Waals surface area contributed by atoms with Gasteiger partial charge in [-0.1, -0.05) is 0 Å². The van der Waals surface area contributed by atoms with Crippen molar-refractivity contribution in [3.63, 3.8) is 0 Å². The molecule has 1 aromatic rings. The molecule has 134 valence electrons. The number of hydrogen-bond donors (Lipinski definition) is 0. The van der Waals surface area contributed by atoms with Crippen molar-refractivity contribution < 1.29 is 36.0 Å². The number of nitrogens with zero attached hydrogens (tertiary/aromatic N) is 1. The molecule has 0 aliphatic rings. The smallest absolute Gasteiger partial charge is 0.462 e. The fourth-order valence-corrected chi connectivity index (χ4v) is 3.06. The Morgan fingerprint density at radius 1 is 1.38 bits per heavy atom. The van der Waals surface area contributed by atoms with Gasteiger partial charge in [0.05, 0.1) is 26.6 Å². The van der Waals surface area contributed by atoms with Crippen molar-refractivity contribution in [2.45, 2.75) is 35.3 Å². The Morgan fingerprint density at radius 3 is 2.42 bits per heavy atom. The summed E-state index contributed by atoms with van der Waals surface area (Å²) in [7, 11) is -5.70. The Balaban J connectivity index is 3.14. The molecule has 0 aromatic heterocycles. The monoisotopic (exact) mass is 387 g/mol. The van der Waals surface area contributed by atoms with Crippen LogP contribution in [0.3, 0.4) is 0 Å². The number of esters is 1.